The fraction of sp³-hybridized carbons (Fsp3) is 0.200. The zero-order valence-electron chi connectivity index (χ0n) is 11.3. The van der Waals surface area contributed by atoms with E-state index in [1.807, 2.05) is 0 Å². The van der Waals surface area contributed by atoms with Crippen molar-refractivity contribution in [2.24, 2.45) is 0 Å². The SMILES string of the molecule is c1ccc2c(c1)n[se][n+]2CCC[n+]1[se]nc2ccccc21. The van der Waals surface area contributed by atoms with Gasteiger partial charge in [0.25, 0.3) is 0 Å². The van der Waals surface area contributed by atoms with Gasteiger partial charge in [0.15, 0.2) is 0 Å². The van der Waals surface area contributed by atoms with Crippen LogP contribution in [0.4, 0.5) is 0 Å². The molecular formula is C15H14N4Se2+2. The van der Waals surface area contributed by atoms with Gasteiger partial charge in [-0.3, -0.25) is 0 Å². The Kier molecular flexibility index (Phi) is 3.70. The van der Waals surface area contributed by atoms with Gasteiger partial charge >= 0.3 is 135 Å². The molecule has 0 fully saturated rings. The van der Waals surface area contributed by atoms with E-state index in [0.29, 0.717) is 0 Å². The summed E-state index contributed by atoms with van der Waals surface area (Å²) in [5.41, 5.74) is 4.91. The standard InChI is InChI=1S/C15H14N4Se2/c1-3-8-14-12(6-1)16-20-18(14)10-5-11-19-15-9-4-2-7-13(15)17-21-19/h1-4,6-9H,5,10-11H2/q+2. The number of aromatic nitrogens is 4. The van der Waals surface area contributed by atoms with Crippen LogP contribution in [-0.2, 0) is 13.1 Å². The Labute approximate surface area is 135 Å². The third-order valence-electron chi connectivity index (χ3n) is 3.50. The molecule has 0 saturated heterocycles. The van der Waals surface area contributed by atoms with Crippen molar-refractivity contribution in [3.63, 3.8) is 0 Å². The third kappa shape index (κ3) is 2.60. The summed E-state index contributed by atoms with van der Waals surface area (Å²) in [6.07, 6.45) is 1.15. The molecule has 0 aliphatic carbocycles. The molecule has 2 heterocycles. The molecule has 104 valence electrons. The molecule has 6 heteroatoms. The van der Waals surface area contributed by atoms with Crippen LogP contribution in [0.5, 0.6) is 0 Å². The molecule has 0 aliphatic rings. The third-order valence-corrected chi connectivity index (χ3v) is 7.09. The van der Waals surface area contributed by atoms with Crippen LogP contribution in [0.2, 0.25) is 0 Å². The monoisotopic (exact) mass is 410 g/mol. The van der Waals surface area contributed by atoms with Crippen molar-refractivity contribution in [2.75, 3.05) is 0 Å². The summed E-state index contributed by atoms with van der Waals surface area (Å²) < 4.78 is 14.1. The van der Waals surface area contributed by atoms with Gasteiger partial charge in [0.05, 0.1) is 0 Å². The predicted octanol–water partition coefficient (Wildman–Crippen LogP) is 0.562. The predicted molar refractivity (Wildman–Crippen MR) is 82.4 cm³/mol. The Morgan fingerprint density at radius 2 is 1.19 bits per heavy atom. The number of nitrogens with zero attached hydrogens (tertiary/aromatic N) is 4. The molecule has 0 N–H and O–H groups in total. The van der Waals surface area contributed by atoms with Crippen molar-refractivity contribution >= 4 is 52.0 Å². The minimum absolute atomic E-state index is 0.224. The number of fused-ring (bicyclic) bond motifs is 2. The molecule has 0 amide bonds. The Morgan fingerprint density at radius 3 is 1.71 bits per heavy atom. The van der Waals surface area contributed by atoms with E-state index in [4.69, 9.17) is 0 Å². The molecule has 0 atom stereocenters. The van der Waals surface area contributed by atoms with Gasteiger partial charge in [0.2, 0.25) is 0 Å². The molecular weight excluding hydrogens is 394 g/mol. The van der Waals surface area contributed by atoms with Gasteiger partial charge in [-0.25, -0.2) is 0 Å². The van der Waals surface area contributed by atoms with Crippen molar-refractivity contribution in [3.8, 4) is 0 Å². The maximum atomic E-state index is 4.63. The van der Waals surface area contributed by atoms with Gasteiger partial charge in [0.1, 0.15) is 0 Å². The summed E-state index contributed by atoms with van der Waals surface area (Å²) in [4.78, 5) is 0. The first-order chi connectivity index (χ1) is 10.4. The number of para-hydroxylation sites is 2. The molecule has 0 spiro atoms. The van der Waals surface area contributed by atoms with Gasteiger partial charge < -0.3 is 0 Å². The number of hydrogen-bond donors (Lipinski definition) is 0. The second kappa shape index (κ2) is 5.82. The molecule has 4 aromatic rings. The van der Waals surface area contributed by atoms with Crippen LogP contribution in [0.15, 0.2) is 48.5 Å². The van der Waals surface area contributed by atoms with Gasteiger partial charge in [-0.1, -0.05) is 0 Å². The molecule has 0 saturated carbocycles. The second-order valence-corrected chi connectivity index (χ2v) is 8.18. The van der Waals surface area contributed by atoms with Crippen molar-refractivity contribution in [3.05, 3.63) is 48.5 Å². The first-order valence-corrected chi connectivity index (χ1v) is 9.98. The van der Waals surface area contributed by atoms with Crippen LogP contribution in [0.25, 0.3) is 22.1 Å². The van der Waals surface area contributed by atoms with E-state index in [1.165, 1.54) is 11.0 Å². The fourth-order valence-electron chi connectivity index (χ4n) is 2.46. The van der Waals surface area contributed by atoms with Crippen LogP contribution < -0.4 is 7.12 Å². The zero-order valence-corrected chi connectivity index (χ0v) is 14.8. The van der Waals surface area contributed by atoms with Gasteiger partial charge in [0, 0.05) is 0 Å². The molecule has 2 aromatic heterocycles. The summed E-state index contributed by atoms with van der Waals surface area (Å²) in [6.45, 7) is 2.16. The van der Waals surface area contributed by atoms with E-state index >= 15 is 0 Å². The molecule has 0 radical (unpaired) electrons. The van der Waals surface area contributed by atoms with Crippen LogP contribution >= 0.6 is 0 Å². The Hall–Kier alpha value is -1.32. The summed E-state index contributed by atoms with van der Waals surface area (Å²) in [5.74, 6) is 0. The summed E-state index contributed by atoms with van der Waals surface area (Å²) in [6, 6.07) is 16.9. The van der Waals surface area contributed by atoms with E-state index in [-0.39, 0.29) is 29.9 Å². The molecule has 21 heavy (non-hydrogen) atoms. The number of rotatable bonds is 4. The van der Waals surface area contributed by atoms with E-state index in [2.05, 4.69) is 63.6 Å². The molecule has 2 aromatic carbocycles. The first kappa shape index (κ1) is 13.3. The second-order valence-electron chi connectivity index (χ2n) is 4.88. The molecule has 4 rings (SSSR count). The quantitative estimate of drug-likeness (QED) is 0.463. The normalized spacial score (nSPS) is 11.4. The Bertz CT molecular complexity index is 823. The van der Waals surface area contributed by atoms with Gasteiger partial charge in [-0.15, -0.1) is 0 Å². The average molecular weight is 408 g/mol. The van der Waals surface area contributed by atoms with Crippen LogP contribution in [-0.4, -0.2) is 37.9 Å². The zero-order chi connectivity index (χ0) is 14.1. The van der Waals surface area contributed by atoms with Gasteiger partial charge in [-0.2, -0.15) is 0 Å². The van der Waals surface area contributed by atoms with Crippen molar-refractivity contribution < 1.29 is 7.12 Å². The molecule has 0 aliphatic heterocycles. The van der Waals surface area contributed by atoms with E-state index in [0.717, 1.165) is 30.5 Å². The van der Waals surface area contributed by atoms with Crippen molar-refractivity contribution in [1.29, 1.82) is 0 Å². The molecule has 0 unspecified atom stereocenters. The minimum atomic E-state index is 0.224. The van der Waals surface area contributed by atoms with Crippen molar-refractivity contribution in [1.82, 2.24) is 7.96 Å². The van der Waals surface area contributed by atoms with Gasteiger partial charge in [-0.05, 0) is 0 Å². The average Bonchev–Trinajstić information content (AvgIpc) is 3.13. The van der Waals surface area contributed by atoms with E-state index in [9.17, 15) is 0 Å². The van der Waals surface area contributed by atoms with Crippen LogP contribution in [0, 0.1) is 0 Å². The summed E-state index contributed by atoms with van der Waals surface area (Å²) in [7, 11) is 0. The van der Waals surface area contributed by atoms with Crippen LogP contribution in [0.3, 0.4) is 0 Å². The topological polar surface area (TPSA) is 33.5 Å². The maximum absolute atomic E-state index is 4.63. The van der Waals surface area contributed by atoms with E-state index < -0.39 is 0 Å². The van der Waals surface area contributed by atoms with Crippen molar-refractivity contribution in [2.45, 2.75) is 19.5 Å². The Morgan fingerprint density at radius 1 is 0.714 bits per heavy atom. The number of hydrogen-bond acceptors (Lipinski definition) is 2. The number of aryl methyl sites for hydroxylation is 2. The number of benzene rings is 2. The van der Waals surface area contributed by atoms with E-state index in [1.54, 1.807) is 0 Å². The first-order valence-electron chi connectivity index (χ1n) is 6.91. The molecule has 4 nitrogen and oxygen atoms in total. The fourth-order valence-corrected chi connectivity index (χ4v) is 5.79. The molecule has 0 bridgehead atoms. The Balaban J connectivity index is 1.50. The summed E-state index contributed by atoms with van der Waals surface area (Å²) in [5, 5.41) is 0. The summed E-state index contributed by atoms with van der Waals surface area (Å²) >= 11 is 0.449. The van der Waals surface area contributed by atoms with Crippen LogP contribution in [0.1, 0.15) is 6.42 Å².